The van der Waals surface area contributed by atoms with Crippen LogP contribution in [0.1, 0.15) is 5.56 Å². The zero-order valence-corrected chi connectivity index (χ0v) is 15.4. The van der Waals surface area contributed by atoms with Crippen molar-refractivity contribution in [2.45, 2.75) is 4.90 Å². The third-order valence-corrected chi connectivity index (χ3v) is 5.60. The molecule has 1 amide bonds. The number of sulfonamides is 1. The van der Waals surface area contributed by atoms with Crippen LogP contribution in [0.4, 0.5) is 10.1 Å². The maximum atomic E-state index is 13.3. The largest absolute Gasteiger partial charge is 0.325 e. The molecule has 0 saturated carbocycles. The van der Waals surface area contributed by atoms with Crippen LogP contribution in [0.15, 0.2) is 51.8 Å². The van der Waals surface area contributed by atoms with Crippen molar-refractivity contribution in [2.24, 2.45) is 0 Å². The number of rotatable bonds is 5. The molecular formula is C16H13BrFN3O3S. The van der Waals surface area contributed by atoms with Gasteiger partial charge < -0.3 is 5.32 Å². The van der Waals surface area contributed by atoms with Crippen LogP contribution < -0.4 is 5.32 Å². The Kier molecular flexibility index (Phi) is 5.89. The predicted molar refractivity (Wildman–Crippen MR) is 93.7 cm³/mol. The lowest BCUT2D eigenvalue weighted by molar-refractivity contribution is -0.116. The first-order valence-corrected chi connectivity index (χ1v) is 9.19. The number of amides is 1. The number of hydrogen-bond donors (Lipinski definition) is 1. The Morgan fingerprint density at radius 3 is 2.52 bits per heavy atom. The number of halogens is 2. The molecule has 0 atom stereocenters. The van der Waals surface area contributed by atoms with Crippen LogP contribution in [0.2, 0.25) is 0 Å². The highest BCUT2D eigenvalue weighted by Crippen LogP contribution is 2.18. The topological polar surface area (TPSA) is 90.3 Å². The second kappa shape index (κ2) is 7.74. The Morgan fingerprint density at radius 1 is 1.28 bits per heavy atom. The molecule has 0 aliphatic heterocycles. The molecule has 0 spiro atoms. The second-order valence-corrected chi connectivity index (χ2v) is 8.03. The number of hydrogen-bond acceptors (Lipinski definition) is 4. The van der Waals surface area contributed by atoms with E-state index < -0.39 is 28.3 Å². The van der Waals surface area contributed by atoms with E-state index in [0.29, 0.717) is 0 Å². The molecule has 0 radical (unpaired) electrons. The van der Waals surface area contributed by atoms with Gasteiger partial charge in [-0.15, -0.1) is 0 Å². The number of nitrogens with one attached hydrogen (secondary N) is 1. The number of carbonyl (C=O) groups excluding carboxylic acids is 1. The van der Waals surface area contributed by atoms with E-state index in [1.807, 2.05) is 0 Å². The van der Waals surface area contributed by atoms with Gasteiger partial charge in [0.25, 0.3) is 0 Å². The average molecular weight is 426 g/mol. The predicted octanol–water partition coefficient (Wildman–Crippen LogP) is 2.72. The van der Waals surface area contributed by atoms with E-state index in [-0.39, 0.29) is 16.1 Å². The van der Waals surface area contributed by atoms with Crippen molar-refractivity contribution < 1.29 is 17.6 Å². The maximum Gasteiger partial charge on any atom is 0.243 e. The summed E-state index contributed by atoms with van der Waals surface area (Å²) in [4.78, 5) is 12.1. The number of likely N-dealkylation sites (N-methyl/N-ethyl adjacent to an activating group) is 1. The van der Waals surface area contributed by atoms with Crippen LogP contribution in [0.5, 0.6) is 0 Å². The Labute approximate surface area is 153 Å². The van der Waals surface area contributed by atoms with Crippen molar-refractivity contribution in [3.8, 4) is 6.07 Å². The highest BCUT2D eigenvalue weighted by atomic mass is 79.9. The summed E-state index contributed by atoms with van der Waals surface area (Å²) >= 11 is 3.22. The summed E-state index contributed by atoms with van der Waals surface area (Å²) in [5, 5.41) is 11.2. The van der Waals surface area contributed by atoms with Gasteiger partial charge in [-0.2, -0.15) is 9.57 Å². The Balaban J connectivity index is 2.09. The van der Waals surface area contributed by atoms with Gasteiger partial charge in [0, 0.05) is 17.2 Å². The molecule has 0 aromatic heterocycles. The molecule has 0 saturated heterocycles. The Hall–Kier alpha value is -2.28. The second-order valence-electron chi connectivity index (χ2n) is 5.07. The highest BCUT2D eigenvalue weighted by molar-refractivity contribution is 9.10. The van der Waals surface area contributed by atoms with Crippen LogP contribution in [-0.4, -0.2) is 32.2 Å². The number of nitriles is 1. The van der Waals surface area contributed by atoms with Gasteiger partial charge in [-0.25, -0.2) is 12.8 Å². The van der Waals surface area contributed by atoms with E-state index in [1.54, 1.807) is 18.2 Å². The lowest BCUT2D eigenvalue weighted by atomic mass is 10.2. The fourth-order valence-corrected chi connectivity index (χ4v) is 3.35. The van der Waals surface area contributed by atoms with Crippen LogP contribution in [-0.2, 0) is 14.8 Å². The van der Waals surface area contributed by atoms with Crippen molar-refractivity contribution in [2.75, 3.05) is 18.9 Å². The van der Waals surface area contributed by atoms with E-state index in [2.05, 4.69) is 21.2 Å². The zero-order chi connectivity index (χ0) is 18.6. The minimum atomic E-state index is -3.82. The minimum absolute atomic E-state index is 0.0551. The molecule has 0 aliphatic rings. The first kappa shape index (κ1) is 19.1. The third kappa shape index (κ3) is 4.63. The van der Waals surface area contributed by atoms with Crippen LogP contribution in [0.3, 0.4) is 0 Å². The number of benzene rings is 2. The molecule has 0 heterocycles. The van der Waals surface area contributed by atoms with Crippen LogP contribution in [0, 0.1) is 17.1 Å². The van der Waals surface area contributed by atoms with Crippen molar-refractivity contribution in [3.05, 3.63) is 58.3 Å². The Morgan fingerprint density at radius 2 is 1.92 bits per heavy atom. The average Bonchev–Trinajstić information content (AvgIpc) is 2.56. The van der Waals surface area contributed by atoms with Gasteiger partial charge in [0.15, 0.2) is 0 Å². The molecule has 2 aromatic carbocycles. The summed E-state index contributed by atoms with van der Waals surface area (Å²) in [5.41, 5.74) is -0.00831. The molecule has 0 fully saturated rings. The molecular weight excluding hydrogens is 413 g/mol. The quantitative estimate of drug-likeness (QED) is 0.796. The molecule has 130 valence electrons. The van der Waals surface area contributed by atoms with E-state index in [0.717, 1.165) is 14.8 Å². The van der Waals surface area contributed by atoms with E-state index in [9.17, 15) is 17.6 Å². The summed E-state index contributed by atoms with van der Waals surface area (Å²) < 4.78 is 39.7. The Bertz CT molecular complexity index is 940. The molecule has 1 N–H and O–H groups in total. The number of anilines is 1. The lowest BCUT2D eigenvalue weighted by Gasteiger charge is -2.17. The fraction of sp³-hybridized carbons (Fsp3) is 0.125. The van der Waals surface area contributed by atoms with Gasteiger partial charge in [0.05, 0.1) is 17.0 Å². The van der Waals surface area contributed by atoms with Crippen molar-refractivity contribution in [1.29, 1.82) is 5.26 Å². The smallest absolute Gasteiger partial charge is 0.243 e. The van der Waals surface area contributed by atoms with Crippen molar-refractivity contribution in [3.63, 3.8) is 0 Å². The molecule has 25 heavy (non-hydrogen) atoms. The standard InChI is InChI=1S/C16H13BrFN3O3S/c1-21(25(23,24)14-5-2-12(17)3-6-14)10-16(22)20-13-4-7-15(18)11(8-13)9-19/h2-8H,10H2,1H3,(H,20,22). The number of carbonyl (C=O) groups is 1. The monoisotopic (exact) mass is 425 g/mol. The summed E-state index contributed by atoms with van der Waals surface area (Å²) in [5.74, 6) is -1.31. The van der Waals surface area contributed by atoms with Crippen molar-refractivity contribution in [1.82, 2.24) is 4.31 Å². The van der Waals surface area contributed by atoms with Gasteiger partial charge in [0.1, 0.15) is 11.9 Å². The third-order valence-electron chi connectivity index (χ3n) is 3.26. The molecule has 0 unspecified atom stereocenters. The van der Waals surface area contributed by atoms with E-state index >= 15 is 0 Å². The molecule has 9 heteroatoms. The molecule has 0 bridgehead atoms. The lowest BCUT2D eigenvalue weighted by Crippen LogP contribution is -2.35. The minimum Gasteiger partial charge on any atom is -0.325 e. The van der Waals surface area contributed by atoms with Gasteiger partial charge in [-0.05, 0) is 42.5 Å². The first-order chi connectivity index (χ1) is 11.7. The van der Waals surface area contributed by atoms with E-state index in [1.165, 1.54) is 31.3 Å². The van der Waals surface area contributed by atoms with Crippen molar-refractivity contribution >= 4 is 37.5 Å². The van der Waals surface area contributed by atoms with Gasteiger partial charge >= 0.3 is 0 Å². The molecule has 0 aliphatic carbocycles. The van der Waals surface area contributed by atoms with Crippen LogP contribution >= 0.6 is 15.9 Å². The van der Waals surface area contributed by atoms with Gasteiger partial charge in [0.2, 0.25) is 15.9 Å². The van der Waals surface area contributed by atoms with Crippen LogP contribution in [0.25, 0.3) is 0 Å². The summed E-state index contributed by atoms with van der Waals surface area (Å²) in [6.45, 7) is -0.433. The number of nitrogens with zero attached hydrogens (tertiary/aromatic N) is 2. The summed E-state index contributed by atoms with van der Waals surface area (Å²) in [7, 11) is -2.54. The van der Waals surface area contributed by atoms with Gasteiger partial charge in [-0.1, -0.05) is 15.9 Å². The maximum absolute atomic E-state index is 13.3. The fourth-order valence-electron chi connectivity index (χ4n) is 1.96. The molecule has 2 aromatic rings. The summed E-state index contributed by atoms with van der Waals surface area (Å²) in [6.07, 6.45) is 0. The first-order valence-electron chi connectivity index (χ1n) is 6.95. The van der Waals surface area contributed by atoms with E-state index in [4.69, 9.17) is 5.26 Å². The normalized spacial score (nSPS) is 11.2. The SMILES string of the molecule is CN(CC(=O)Nc1ccc(F)c(C#N)c1)S(=O)(=O)c1ccc(Br)cc1. The highest BCUT2D eigenvalue weighted by Gasteiger charge is 2.23. The summed E-state index contributed by atoms with van der Waals surface area (Å²) in [6, 6.07) is 11.2. The molecule has 6 nitrogen and oxygen atoms in total. The zero-order valence-electron chi connectivity index (χ0n) is 13.0. The van der Waals surface area contributed by atoms with Gasteiger partial charge in [-0.3, -0.25) is 4.79 Å². The molecule has 2 rings (SSSR count).